The van der Waals surface area contributed by atoms with Gasteiger partial charge in [0, 0.05) is 0 Å². The molecule has 25 heavy (non-hydrogen) atoms. The van der Waals surface area contributed by atoms with Crippen LogP contribution in [0.2, 0.25) is 5.02 Å². The molecule has 1 aliphatic rings. The molecule has 1 aliphatic heterocycles. The van der Waals surface area contributed by atoms with E-state index < -0.39 is 5.82 Å². The number of amidine groups is 1. The van der Waals surface area contributed by atoms with Gasteiger partial charge in [0.1, 0.15) is 17.3 Å². The van der Waals surface area contributed by atoms with Crippen LogP contribution in [0.15, 0.2) is 53.2 Å². The predicted octanol–water partition coefficient (Wildman–Crippen LogP) is 4.59. The summed E-state index contributed by atoms with van der Waals surface area (Å²) in [5.74, 6) is -0.0904. The van der Waals surface area contributed by atoms with Crippen molar-refractivity contribution in [2.45, 2.75) is 0 Å². The minimum absolute atomic E-state index is 0.0432. The lowest BCUT2D eigenvalue weighted by Gasteiger charge is -2.17. The zero-order valence-corrected chi connectivity index (χ0v) is 15.1. The van der Waals surface area contributed by atoms with E-state index in [0.717, 1.165) is 11.3 Å². The van der Waals surface area contributed by atoms with Gasteiger partial charge in [0.05, 0.1) is 17.8 Å². The number of halogens is 2. The number of rotatable bonds is 3. The van der Waals surface area contributed by atoms with Crippen molar-refractivity contribution in [3.05, 3.63) is 64.6 Å². The Hall–Kier alpha value is -2.31. The molecule has 0 fully saturated rings. The van der Waals surface area contributed by atoms with E-state index in [1.165, 1.54) is 34.9 Å². The number of ether oxygens (including phenoxy) is 1. The van der Waals surface area contributed by atoms with E-state index in [4.69, 9.17) is 16.3 Å². The molecule has 4 nitrogen and oxygen atoms in total. The van der Waals surface area contributed by atoms with Crippen LogP contribution >= 0.6 is 23.4 Å². The fraction of sp³-hybridized carbons (Fsp3) is 0.111. The molecule has 0 unspecified atom stereocenters. The average molecular weight is 377 g/mol. The van der Waals surface area contributed by atoms with Gasteiger partial charge in [-0.25, -0.2) is 9.38 Å². The molecule has 0 saturated carbocycles. The third-order valence-corrected chi connectivity index (χ3v) is 4.52. The molecule has 0 aromatic heterocycles. The van der Waals surface area contributed by atoms with Crippen molar-refractivity contribution < 1.29 is 13.9 Å². The van der Waals surface area contributed by atoms with Crippen LogP contribution in [-0.2, 0) is 4.79 Å². The lowest BCUT2D eigenvalue weighted by molar-refractivity contribution is -0.113. The minimum Gasteiger partial charge on any atom is -0.497 e. The number of amides is 1. The summed E-state index contributed by atoms with van der Waals surface area (Å²) in [6.45, 7) is 0. The average Bonchev–Trinajstić information content (AvgIpc) is 2.94. The van der Waals surface area contributed by atoms with Crippen molar-refractivity contribution in [1.82, 2.24) is 0 Å². The molecule has 0 N–H and O–H groups in total. The molecular formula is C18H14ClFN2O2S. The lowest BCUT2D eigenvalue weighted by atomic mass is 10.2. The standard InChI is InChI=1S/C18H14ClFN2O2S/c1-24-13-6-3-11(4-7-13)9-16-17(23)22(18(21-16)25-2)12-5-8-15(20)14(19)10-12/h3-10H,1-2H3/b16-9+. The van der Waals surface area contributed by atoms with Gasteiger partial charge in [-0.15, -0.1) is 0 Å². The second-order valence-corrected chi connectivity index (χ2v) is 6.32. The summed E-state index contributed by atoms with van der Waals surface area (Å²) < 4.78 is 18.5. The normalized spacial score (nSPS) is 15.7. The minimum atomic E-state index is -0.534. The Bertz CT molecular complexity index is 881. The number of carbonyl (C=O) groups is 1. The largest absolute Gasteiger partial charge is 0.497 e. The fourth-order valence-corrected chi connectivity index (χ4v) is 3.08. The predicted molar refractivity (Wildman–Crippen MR) is 101 cm³/mol. The van der Waals surface area contributed by atoms with Crippen LogP contribution in [0.25, 0.3) is 6.08 Å². The maximum Gasteiger partial charge on any atom is 0.283 e. The topological polar surface area (TPSA) is 41.9 Å². The molecule has 0 bridgehead atoms. The van der Waals surface area contributed by atoms with E-state index in [1.807, 2.05) is 30.5 Å². The van der Waals surface area contributed by atoms with E-state index >= 15 is 0 Å². The number of aliphatic imine (C=N–C) groups is 1. The highest BCUT2D eigenvalue weighted by molar-refractivity contribution is 8.13. The van der Waals surface area contributed by atoms with Crippen molar-refractivity contribution >= 4 is 46.2 Å². The Balaban J connectivity index is 1.95. The SMILES string of the molecule is COc1ccc(/C=C2/N=C(SC)N(c3ccc(F)c(Cl)c3)C2=O)cc1. The van der Waals surface area contributed by atoms with Gasteiger partial charge in [-0.3, -0.25) is 9.69 Å². The first-order valence-corrected chi connectivity index (χ1v) is 8.91. The first-order valence-electron chi connectivity index (χ1n) is 7.31. The molecule has 1 heterocycles. The summed E-state index contributed by atoms with van der Waals surface area (Å²) >= 11 is 7.17. The summed E-state index contributed by atoms with van der Waals surface area (Å²) in [5.41, 5.74) is 1.60. The van der Waals surface area contributed by atoms with Gasteiger partial charge in [-0.1, -0.05) is 35.5 Å². The number of carbonyl (C=O) groups excluding carboxylic acids is 1. The van der Waals surface area contributed by atoms with Crippen LogP contribution in [0.1, 0.15) is 5.56 Å². The van der Waals surface area contributed by atoms with Gasteiger partial charge < -0.3 is 4.74 Å². The molecule has 128 valence electrons. The van der Waals surface area contributed by atoms with E-state index in [1.54, 1.807) is 13.2 Å². The monoisotopic (exact) mass is 376 g/mol. The highest BCUT2D eigenvalue weighted by Gasteiger charge is 2.31. The number of anilines is 1. The highest BCUT2D eigenvalue weighted by atomic mass is 35.5. The molecule has 0 spiro atoms. The van der Waals surface area contributed by atoms with Gasteiger partial charge in [0.25, 0.3) is 5.91 Å². The van der Waals surface area contributed by atoms with Gasteiger partial charge in [-0.2, -0.15) is 0 Å². The zero-order valence-electron chi connectivity index (χ0n) is 13.5. The van der Waals surface area contributed by atoms with Gasteiger partial charge in [0.2, 0.25) is 0 Å². The molecule has 2 aromatic rings. The molecule has 7 heteroatoms. The van der Waals surface area contributed by atoms with Crippen molar-refractivity contribution in [3.63, 3.8) is 0 Å². The van der Waals surface area contributed by atoms with Crippen LogP contribution in [0.5, 0.6) is 5.75 Å². The molecule has 0 aliphatic carbocycles. The third-order valence-electron chi connectivity index (χ3n) is 3.59. The Kier molecular flexibility index (Phi) is 5.11. The van der Waals surface area contributed by atoms with Crippen LogP contribution in [0, 0.1) is 5.82 Å². The number of benzene rings is 2. The van der Waals surface area contributed by atoms with Crippen LogP contribution in [0.3, 0.4) is 0 Å². The van der Waals surface area contributed by atoms with Crippen molar-refractivity contribution in [3.8, 4) is 5.75 Å². The zero-order chi connectivity index (χ0) is 18.0. The second kappa shape index (κ2) is 7.29. The van der Waals surface area contributed by atoms with Gasteiger partial charge in [0.15, 0.2) is 5.17 Å². The van der Waals surface area contributed by atoms with Crippen molar-refractivity contribution in [2.75, 3.05) is 18.3 Å². The van der Waals surface area contributed by atoms with Crippen molar-refractivity contribution in [2.24, 2.45) is 4.99 Å². The number of thioether (sulfide) groups is 1. The molecular weight excluding hydrogens is 363 g/mol. The Labute approximate surface area is 154 Å². The fourth-order valence-electron chi connectivity index (χ4n) is 2.34. The molecule has 0 atom stereocenters. The highest BCUT2D eigenvalue weighted by Crippen LogP contribution is 2.31. The Morgan fingerprint density at radius 2 is 1.96 bits per heavy atom. The van der Waals surface area contributed by atoms with Crippen LogP contribution < -0.4 is 9.64 Å². The molecule has 3 rings (SSSR count). The maximum absolute atomic E-state index is 13.4. The number of hydrogen-bond donors (Lipinski definition) is 0. The van der Waals surface area contributed by atoms with E-state index in [2.05, 4.69) is 4.99 Å². The van der Waals surface area contributed by atoms with Crippen molar-refractivity contribution in [1.29, 1.82) is 0 Å². The number of methoxy groups -OCH3 is 1. The van der Waals surface area contributed by atoms with Crippen LogP contribution in [-0.4, -0.2) is 24.4 Å². The summed E-state index contributed by atoms with van der Waals surface area (Å²) in [4.78, 5) is 18.6. The number of nitrogens with zero attached hydrogens (tertiary/aromatic N) is 2. The molecule has 0 radical (unpaired) electrons. The Morgan fingerprint density at radius 3 is 2.56 bits per heavy atom. The quantitative estimate of drug-likeness (QED) is 0.735. The maximum atomic E-state index is 13.4. The smallest absolute Gasteiger partial charge is 0.283 e. The first kappa shape index (κ1) is 17.5. The van der Waals surface area contributed by atoms with E-state index in [9.17, 15) is 9.18 Å². The van der Waals surface area contributed by atoms with Crippen LogP contribution in [0.4, 0.5) is 10.1 Å². The number of hydrogen-bond acceptors (Lipinski definition) is 4. The van der Waals surface area contributed by atoms with E-state index in [-0.39, 0.29) is 10.9 Å². The summed E-state index contributed by atoms with van der Waals surface area (Å²) in [6.07, 6.45) is 3.52. The summed E-state index contributed by atoms with van der Waals surface area (Å²) in [5, 5.41) is 0.464. The second-order valence-electron chi connectivity index (χ2n) is 5.14. The Morgan fingerprint density at radius 1 is 1.24 bits per heavy atom. The molecule has 1 amide bonds. The van der Waals surface area contributed by atoms with Gasteiger partial charge in [-0.05, 0) is 48.2 Å². The molecule has 2 aromatic carbocycles. The third kappa shape index (κ3) is 3.55. The summed E-state index contributed by atoms with van der Waals surface area (Å²) in [6, 6.07) is 11.4. The first-order chi connectivity index (χ1) is 12.0. The van der Waals surface area contributed by atoms with E-state index in [0.29, 0.717) is 16.6 Å². The lowest BCUT2D eigenvalue weighted by Crippen LogP contribution is -2.30. The molecule has 0 saturated heterocycles. The van der Waals surface area contributed by atoms with Gasteiger partial charge >= 0.3 is 0 Å². The summed E-state index contributed by atoms with van der Waals surface area (Å²) in [7, 11) is 1.59.